The summed E-state index contributed by atoms with van der Waals surface area (Å²) in [6, 6.07) is 20.9. The van der Waals surface area contributed by atoms with Crippen LogP contribution in [-0.2, 0) is 17.8 Å². The number of nitrogen functional groups attached to an aromatic ring is 1. The fraction of sp³-hybridized carbons (Fsp3) is 0.167. The van der Waals surface area contributed by atoms with Crippen molar-refractivity contribution >= 4 is 34.3 Å². The van der Waals surface area contributed by atoms with Gasteiger partial charge < -0.3 is 15.6 Å². The first-order chi connectivity index (χ1) is 18.7. The van der Waals surface area contributed by atoms with E-state index in [0.29, 0.717) is 34.0 Å². The Labute approximate surface area is 230 Å². The molecule has 3 N–H and O–H groups in total. The molecule has 9 heteroatoms. The van der Waals surface area contributed by atoms with Gasteiger partial charge in [-0.15, -0.1) is 0 Å². The van der Waals surface area contributed by atoms with Crippen molar-refractivity contribution in [3.63, 3.8) is 0 Å². The summed E-state index contributed by atoms with van der Waals surface area (Å²) in [4.78, 5) is 29.7. The summed E-state index contributed by atoms with van der Waals surface area (Å²) in [7, 11) is 0. The van der Waals surface area contributed by atoms with Crippen molar-refractivity contribution in [2.45, 2.75) is 26.9 Å². The monoisotopic (exact) mass is 539 g/mol. The number of rotatable bonds is 8. The Hall–Kier alpha value is -4.56. The van der Waals surface area contributed by atoms with Crippen LogP contribution < -0.4 is 10.5 Å². The number of benzene rings is 2. The molecule has 5 rings (SSSR count). The number of anilines is 1. The van der Waals surface area contributed by atoms with E-state index in [1.54, 1.807) is 32.3 Å². The van der Waals surface area contributed by atoms with Crippen LogP contribution in [0.15, 0.2) is 79.1 Å². The molecule has 3 heterocycles. The van der Waals surface area contributed by atoms with E-state index in [4.69, 9.17) is 27.1 Å². The summed E-state index contributed by atoms with van der Waals surface area (Å²) in [5.74, 6) is -0.543. The number of carboxylic acid groups (broad SMARTS) is 1. The highest BCUT2D eigenvalue weighted by molar-refractivity contribution is 6.35. The van der Waals surface area contributed by atoms with Crippen LogP contribution in [0.3, 0.4) is 0 Å². The molecule has 0 saturated heterocycles. The predicted molar refractivity (Wildman–Crippen MR) is 151 cm³/mol. The van der Waals surface area contributed by atoms with E-state index in [0.717, 1.165) is 22.1 Å². The summed E-state index contributed by atoms with van der Waals surface area (Å²) in [6.07, 6.45) is 3.72. The highest BCUT2D eigenvalue weighted by Gasteiger charge is 2.27. The van der Waals surface area contributed by atoms with Crippen molar-refractivity contribution in [3.8, 4) is 28.4 Å². The van der Waals surface area contributed by atoms with E-state index in [1.165, 1.54) is 0 Å². The molecule has 39 heavy (non-hydrogen) atoms. The predicted octanol–water partition coefficient (Wildman–Crippen LogP) is 6.22. The fourth-order valence-corrected chi connectivity index (χ4v) is 4.47. The minimum absolute atomic E-state index is 0.105. The van der Waals surface area contributed by atoms with E-state index in [-0.39, 0.29) is 18.3 Å². The molecule has 0 unspecified atom stereocenters. The van der Waals surface area contributed by atoms with E-state index in [9.17, 15) is 9.90 Å². The first-order valence-corrected chi connectivity index (χ1v) is 12.7. The van der Waals surface area contributed by atoms with Gasteiger partial charge in [0.1, 0.15) is 12.3 Å². The molecule has 0 aliphatic carbocycles. The smallest absolute Gasteiger partial charge is 0.309 e. The van der Waals surface area contributed by atoms with Crippen LogP contribution in [0.5, 0.6) is 5.88 Å². The molecular weight excluding hydrogens is 514 g/mol. The molecule has 0 saturated carbocycles. The molecule has 3 aromatic heterocycles. The lowest BCUT2D eigenvalue weighted by Crippen LogP contribution is -2.26. The third-order valence-electron chi connectivity index (χ3n) is 6.34. The van der Waals surface area contributed by atoms with E-state index in [1.807, 2.05) is 60.7 Å². The van der Waals surface area contributed by atoms with Crippen molar-refractivity contribution in [2.24, 2.45) is 5.41 Å². The van der Waals surface area contributed by atoms with Crippen molar-refractivity contribution in [1.29, 1.82) is 0 Å². The lowest BCUT2D eigenvalue weighted by atomic mass is 9.86. The summed E-state index contributed by atoms with van der Waals surface area (Å²) < 4.78 is 5.97. The first kappa shape index (κ1) is 26.1. The zero-order valence-corrected chi connectivity index (χ0v) is 22.2. The normalized spacial score (nSPS) is 11.5. The third kappa shape index (κ3) is 5.66. The third-order valence-corrected chi connectivity index (χ3v) is 6.62. The summed E-state index contributed by atoms with van der Waals surface area (Å²) >= 11 is 6.59. The number of nitrogens with two attached hydrogens (primary N) is 1. The number of halogens is 1. The number of carboxylic acids is 1. The number of hydrogen-bond acceptors (Lipinski definition) is 7. The van der Waals surface area contributed by atoms with Crippen LogP contribution >= 0.6 is 11.6 Å². The van der Waals surface area contributed by atoms with Crippen LogP contribution in [0.2, 0.25) is 5.02 Å². The lowest BCUT2D eigenvalue weighted by molar-refractivity contribution is -0.146. The van der Waals surface area contributed by atoms with E-state index in [2.05, 4.69) is 15.0 Å². The number of aromatic nitrogens is 4. The topological polar surface area (TPSA) is 124 Å². The van der Waals surface area contributed by atoms with Crippen LogP contribution in [0.4, 0.5) is 5.82 Å². The number of fused-ring (bicyclic) bond motifs is 1. The molecule has 0 atom stereocenters. The summed E-state index contributed by atoms with van der Waals surface area (Å²) in [5.41, 5.74) is 10.3. The van der Waals surface area contributed by atoms with Gasteiger partial charge in [-0.2, -0.15) is 0 Å². The van der Waals surface area contributed by atoms with Crippen molar-refractivity contribution in [2.75, 3.05) is 5.73 Å². The van der Waals surface area contributed by atoms with Crippen LogP contribution in [0, 0.1) is 5.41 Å². The van der Waals surface area contributed by atoms with Crippen LogP contribution in [0.25, 0.3) is 33.4 Å². The number of carbonyl (C=O) groups is 1. The molecule has 2 aromatic carbocycles. The van der Waals surface area contributed by atoms with Crippen LogP contribution in [0.1, 0.15) is 25.1 Å². The standard InChI is InChI=1S/C30H26ClN5O3/c1-30(2,29(37)38)15-18-10-11-22(34-16-18)17-39-28-27(32)35-25(19-7-4-3-5-8-19)26(36-28)21-13-20-9-6-12-33-24(20)23(31)14-21/h3-14,16H,15,17H2,1-2H3,(H2,32,35)(H,37,38). The zero-order valence-electron chi connectivity index (χ0n) is 21.4. The number of aliphatic carboxylic acids is 1. The average molecular weight is 540 g/mol. The van der Waals surface area contributed by atoms with Gasteiger partial charge >= 0.3 is 5.97 Å². The number of pyridine rings is 2. The Kier molecular flexibility index (Phi) is 7.13. The number of ether oxygens (including phenoxy) is 1. The van der Waals surface area contributed by atoms with E-state index < -0.39 is 11.4 Å². The molecule has 5 aromatic rings. The average Bonchev–Trinajstić information content (AvgIpc) is 2.93. The summed E-state index contributed by atoms with van der Waals surface area (Å²) in [5, 5.41) is 10.8. The van der Waals surface area contributed by atoms with Gasteiger partial charge in [0.2, 0.25) is 0 Å². The molecule has 0 radical (unpaired) electrons. The SMILES string of the molecule is CC(C)(Cc1ccc(COc2nc(-c3cc(Cl)c4ncccc4c3)c(-c3ccccc3)nc2N)nc1)C(=O)O. The molecule has 0 aliphatic rings. The quantitative estimate of drug-likeness (QED) is 0.238. The van der Waals surface area contributed by atoms with Gasteiger partial charge in [0.25, 0.3) is 5.88 Å². The Morgan fingerprint density at radius 3 is 2.46 bits per heavy atom. The summed E-state index contributed by atoms with van der Waals surface area (Å²) in [6.45, 7) is 3.47. The second-order valence-electron chi connectivity index (χ2n) is 9.82. The van der Waals surface area contributed by atoms with Gasteiger partial charge in [0.15, 0.2) is 5.82 Å². The molecule has 0 aliphatic heterocycles. The minimum atomic E-state index is -0.887. The van der Waals surface area contributed by atoms with E-state index >= 15 is 0 Å². The minimum Gasteiger partial charge on any atom is -0.481 e. The molecule has 8 nitrogen and oxygen atoms in total. The maximum Gasteiger partial charge on any atom is 0.309 e. The molecule has 0 spiro atoms. The van der Waals surface area contributed by atoms with Gasteiger partial charge in [-0.25, -0.2) is 9.97 Å². The van der Waals surface area contributed by atoms with Crippen molar-refractivity contribution in [1.82, 2.24) is 19.9 Å². The van der Waals surface area contributed by atoms with Crippen LogP contribution in [-0.4, -0.2) is 31.0 Å². The maximum absolute atomic E-state index is 11.4. The molecule has 0 bridgehead atoms. The highest BCUT2D eigenvalue weighted by Crippen LogP contribution is 2.36. The number of hydrogen-bond donors (Lipinski definition) is 2. The van der Waals surface area contributed by atoms with Gasteiger partial charge in [-0.3, -0.25) is 14.8 Å². The van der Waals surface area contributed by atoms with Crippen molar-refractivity contribution in [3.05, 3.63) is 95.4 Å². The number of nitrogens with zero attached hydrogens (tertiary/aromatic N) is 4. The zero-order chi connectivity index (χ0) is 27.6. The Morgan fingerprint density at radius 1 is 0.974 bits per heavy atom. The second kappa shape index (κ2) is 10.7. The molecule has 0 amide bonds. The van der Waals surface area contributed by atoms with Gasteiger partial charge in [0, 0.05) is 28.9 Å². The Bertz CT molecular complexity index is 1660. The van der Waals surface area contributed by atoms with Gasteiger partial charge in [-0.1, -0.05) is 54.1 Å². The molecule has 0 fully saturated rings. The Balaban J connectivity index is 1.48. The first-order valence-electron chi connectivity index (χ1n) is 12.3. The molecular formula is C30H26ClN5O3. The molecule has 196 valence electrons. The lowest BCUT2D eigenvalue weighted by Gasteiger charge is -2.18. The largest absolute Gasteiger partial charge is 0.481 e. The van der Waals surface area contributed by atoms with Gasteiger partial charge in [-0.05, 0) is 50.1 Å². The maximum atomic E-state index is 11.4. The van der Waals surface area contributed by atoms with Crippen molar-refractivity contribution < 1.29 is 14.6 Å². The van der Waals surface area contributed by atoms with Gasteiger partial charge in [0.05, 0.1) is 27.3 Å². The second-order valence-corrected chi connectivity index (χ2v) is 10.2. The highest BCUT2D eigenvalue weighted by atomic mass is 35.5. The Morgan fingerprint density at radius 2 is 1.74 bits per heavy atom. The fourth-order valence-electron chi connectivity index (χ4n) is 4.20.